The van der Waals surface area contributed by atoms with Gasteiger partial charge < -0.3 is 19.7 Å². The molecule has 2 saturated carbocycles. The van der Waals surface area contributed by atoms with Crippen LogP contribution in [-0.2, 0) is 9.47 Å². The van der Waals surface area contributed by atoms with Gasteiger partial charge in [0.2, 0.25) is 0 Å². The van der Waals surface area contributed by atoms with Crippen LogP contribution in [0.5, 0.6) is 0 Å². The first-order valence-electron chi connectivity index (χ1n) is 6.43. The summed E-state index contributed by atoms with van der Waals surface area (Å²) in [4.78, 5) is 0. The van der Waals surface area contributed by atoms with Gasteiger partial charge in [0, 0.05) is 12.8 Å². The molecule has 1 aliphatic heterocycles. The van der Waals surface area contributed by atoms with Crippen LogP contribution in [0.1, 0.15) is 51.4 Å². The molecule has 1 saturated heterocycles. The van der Waals surface area contributed by atoms with Gasteiger partial charge >= 0.3 is 0 Å². The van der Waals surface area contributed by atoms with Gasteiger partial charge in [-0.25, -0.2) is 0 Å². The van der Waals surface area contributed by atoms with Gasteiger partial charge in [0.15, 0.2) is 11.6 Å². The molecular weight excluding hydrogens is 208 g/mol. The summed E-state index contributed by atoms with van der Waals surface area (Å²) in [6.07, 6.45) is 6.16. The highest BCUT2D eigenvalue weighted by Crippen LogP contribution is 2.45. The SMILES string of the molecule is O[C@@]12CCCC[C@@H]1O[C@]1(O)CCCC[C@H]1O2. The molecule has 3 rings (SSSR count). The third kappa shape index (κ3) is 1.59. The van der Waals surface area contributed by atoms with Crippen LogP contribution < -0.4 is 0 Å². The Morgan fingerprint density at radius 1 is 0.750 bits per heavy atom. The van der Waals surface area contributed by atoms with E-state index in [0.29, 0.717) is 12.8 Å². The maximum absolute atomic E-state index is 10.4. The van der Waals surface area contributed by atoms with Crippen molar-refractivity contribution in [1.29, 1.82) is 0 Å². The number of hydrogen-bond donors (Lipinski definition) is 2. The average Bonchev–Trinajstić information content (AvgIpc) is 2.25. The van der Waals surface area contributed by atoms with Crippen LogP contribution in [-0.4, -0.2) is 34.0 Å². The number of fused-ring (bicyclic) bond motifs is 2. The van der Waals surface area contributed by atoms with E-state index in [2.05, 4.69) is 0 Å². The summed E-state index contributed by atoms with van der Waals surface area (Å²) < 4.78 is 11.5. The zero-order valence-electron chi connectivity index (χ0n) is 9.52. The van der Waals surface area contributed by atoms with Gasteiger partial charge in [-0.1, -0.05) is 12.8 Å². The Labute approximate surface area is 95.6 Å². The number of aliphatic hydroxyl groups is 2. The summed E-state index contributed by atoms with van der Waals surface area (Å²) in [5, 5.41) is 20.8. The van der Waals surface area contributed by atoms with Crippen molar-refractivity contribution in [2.75, 3.05) is 0 Å². The second-order valence-electron chi connectivity index (χ2n) is 5.39. The summed E-state index contributed by atoms with van der Waals surface area (Å²) in [6, 6.07) is 0. The first-order valence-corrected chi connectivity index (χ1v) is 6.43. The fourth-order valence-corrected chi connectivity index (χ4v) is 3.25. The van der Waals surface area contributed by atoms with Crippen LogP contribution in [0.15, 0.2) is 0 Å². The van der Waals surface area contributed by atoms with Gasteiger partial charge in [-0.15, -0.1) is 0 Å². The van der Waals surface area contributed by atoms with Gasteiger partial charge in [-0.3, -0.25) is 0 Å². The maximum Gasteiger partial charge on any atom is 0.192 e. The van der Waals surface area contributed by atoms with Crippen molar-refractivity contribution >= 4 is 0 Å². The lowest BCUT2D eigenvalue weighted by atomic mass is 9.84. The molecule has 2 aliphatic carbocycles. The molecule has 1 heterocycles. The molecule has 0 amide bonds. The van der Waals surface area contributed by atoms with Crippen molar-refractivity contribution < 1.29 is 19.7 Å². The molecule has 3 aliphatic rings. The third-order valence-electron chi connectivity index (χ3n) is 4.20. The molecule has 0 bridgehead atoms. The fourth-order valence-electron chi connectivity index (χ4n) is 3.25. The van der Waals surface area contributed by atoms with E-state index < -0.39 is 11.6 Å². The Morgan fingerprint density at radius 3 is 1.62 bits per heavy atom. The smallest absolute Gasteiger partial charge is 0.192 e. The van der Waals surface area contributed by atoms with Gasteiger partial charge in [-0.2, -0.15) is 0 Å². The van der Waals surface area contributed by atoms with Crippen LogP contribution in [0, 0.1) is 0 Å². The van der Waals surface area contributed by atoms with E-state index in [9.17, 15) is 10.2 Å². The van der Waals surface area contributed by atoms with Gasteiger partial charge in [0.1, 0.15) is 12.2 Å². The van der Waals surface area contributed by atoms with Crippen LogP contribution in [0.4, 0.5) is 0 Å². The average molecular weight is 228 g/mol. The second-order valence-corrected chi connectivity index (χ2v) is 5.39. The largest absolute Gasteiger partial charge is 0.363 e. The standard InChI is InChI=1S/C12H20O4/c13-11-7-3-1-5-9(11)15-12(14)8-4-2-6-10(12)16-11/h9-10,13-14H,1-8H2/t9-,10+,11-,12-/m1/s1. The Kier molecular flexibility index (Phi) is 2.51. The van der Waals surface area contributed by atoms with E-state index in [1.165, 1.54) is 0 Å². The van der Waals surface area contributed by atoms with E-state index in [4.69, 9.17) is 9.47 Å². The van der Waals surface area contributed by atoms with E-state index >= 15 is 0 Å². The zero-order valence-corrected chi connectivity index (χ0v) is 9.52. The van der Waals surface area contributed by atoms with Gasteiger partial charge in [-0.05, 0) is 25.7 Å². The van der Waals surface area contributed by atoms with Crippen LogP contribution >= 0.6 is 0 Å². The predicted octanol–water partition coefficient (Wildman–Crippen LogP) is 1.30. The molecule has 0 spiro atoms. The van der Waals surface area contributed by atoms with Crippen molar-refractivity contribution in [2.24, 2.45) is 0 Å². The number of rotatable bonds is 0. The number of ether oxygens (including phenoxy) is 2. The van der Waals surface area contributed by atoms with Gasteiger partial charge in [0.05, 0.1) is 0 Å². The summed E-state index contributed by atoms with van der Waals surface area (Å²) in [6.45, 7) is 0. The highest BCUT2D eigenvalue weighted by Gasteiger charge is 2.56. The topological polar surface area (TPSA) is 58.9 Å². The monoisotopic (exact) mass is 228 g/mol. The lowest BCUT2D eigenvalue weighted by molar-refractivity contribution is -0.436. The summed E-state index contributed by atoms with van der Waals surface area (Å²) >= 11 is 0. The molecule has 2 N–H and O–H groups in total. The highest BCUT2D eigenvalue weighted by molar-refractivity contribution is 4.96. The maximum atomic E-state index is 10.4. The molecule has 0 aromatic heterocycles. The van der Waals surface area contributed by atoms with Crippen molar-refractivity contribution in [2.45, 2.75) is 75.1 Å². The highest BCUT2D eigenvalue weighted by atomic mass is 16.7. The minimum atomic E-state index is -1.15. The van der Waals surface area contributed by atoms with E-state index in [1.807, 2.05) is 0 Å². The lowest BCUT2D eigenvalue weighted by Gasteiger charge is -2.54. The Morgan fingerprint density at radius 2 is 1.19 bits per heavy atom. The summed E-state index contributed by atoms with van der Waals surface area (Å²) in [5.74, 6) is -2.29. The van der Waals surface area contributed by atoms with Crippen molar-refractivity contribution in [3.63, 3.8) is 0 Å². The molecular formula is C12H20O4. The molecule has 92 valence electrons. The van der Waals surface area contributed by atoms with Crippen LogP contribution in [0.25, 0.3) is 0 Å². The Bertz CT molecular complexity index is 254. The molecule has 0 unspecified atom stereocenters. The molecule has 4 heteroatoms. The number of hydrogen-bond acceptors (Lipinski definition) is 4. The van der Waals surface area contributed by atoms with E-state index in [0.717, 1.165) is 38.5 Å². The molecule has 0 aromatic rings. The Balaban J connectivity index is 1.83. The lowest BCUT2D eigenvalue weighted by Crippen LogP contribution is -2.65. The summed E-state index contributed by atoms with van der Waals surface area (Å²) in [5.41, 5.74) is 0. The van der Waals surface area contributed by atoms with E-state index in [1.54, 1.807) is 0 Å². The van der Waals surface area contributed by atoms with Crippen molar-refractivity contribution in [1.82, 2.24) is 0 Å². The quantitative estimate of drug-likeness (QED) is 0.656. The van der Waals surface area contributed by atoms with Crippen LogP contribution in [0.2, 0.25) is 0 Å². The molecule has 16 heavy (non-hydrogen) atoms. The minimum absolute atomic E-state index is 0.347. The third-order valence-corrected chi connectivity index (χ3v) is 4.20. The predicted molar refractivity (Wildman–Crippen MR) is 56.6 cm³/mol. The first-order chi connectivity index (χ1) is 7.62. The summed E-state index contributed by atoms with van der Waals surface area (Å²) in [7, 11) is 0. The zero-order chi connectivity index (χ0) is 11.2. The second kappa shape index (κ2) is 3.67. The normalized spacial score (nSPS) is 52.9. The molecule has 0 radical (unpaired) electrons. The van der Waals surface area contributed by atoms with Crippen molar-refractivity contribution in [3.8, 4) is 0 Å². The Hall–Kier alpha value is -0.160. The van der Waals surface area contributed by atoms with Crippen LogP contribution in [0.3, 0.4) is 0 Å². The molecule has 4 atom stereocenters. The molecule has 4 nitrogen and oxygen atoms in total. The van der Waals surface area contributed by atoms with Crippen molar-refractivity contribution in [3.05, 3.63) is 0 Å². The van der Waals surface area contributed by atoms with E-state index in [-0.39, 0.29) is 12.2 Å². The first kappa shape index (κ1) is 11.0. The minimum Gasteiger partial charge on any atom is -0.363 e. The fraction of sp³-hybridized carbons (Fsp3) is 1.00. The van der Waals surface area contributed by atoms with Gasteiger partial charge in [0.25, 0.3) is 0 Å². The molecule has 3 fully saturated rings. The molecule has 0 aromatic carbocycles.